The summed E-state index contributed by atoms with van der Waals surface area (Å²) in [4.78, 5) is 21.9. The number of carbonyl (C=O) groups excluding carboxylic acids is 1. The average Bonchev–Trinajstić information content (AvgIpc) is 2.19. The van der Waals surface area contributed by atoms with Crippen LogP contribution in [0.25, 0.3) is 0 Å². The summed E-state index contributed by atoms with van der Waals surface area (Å²) in [6.45, 7) is 0.536. The molecule has 0 aliphatic heterocycles. The van der Waals surface area contributed by atoms with Crippen molar-refractivity contribution in [2.24, 2.45) is 5.73 Å². The van der Waals surface area contributed by atoms with Crippen LogP contribution < -0.4 is 16.6 Å². The van der Waals surface area contributed by atoms with E-state index in [-0.39, 0.29) is 5.82 Å². The van der Waals surface area contributed by atoms with Crippen LogP contribution in [0.15, 0.2) is 16.9 Å². The molecule has 0 fully saturated rings. The number of nitrogens with two attached hydrogens (primary N) is 1. The lowest BCUT2D eigenvalue weighted by atomic mass is 10.0. The number of amides is 1. The van der Waals surface area contributed by atoms with Crippen LogP contribution >= 0.6 is 0 Å². The lowest BCUT2D eigenvalue weighted by Crippen LogP contribution is -2.59. The van der Waals surface area contributed by atoms with Crippen molar-refractivity contribution in [1.82, 2.24) is 10.2 Å². The Morgan fingerprint density at radius 3 is 2.47 bits per heavy atom. The van der Waals surface area contributed by atoms with Gasteiger partial charge in [0, 0.05) is 6.07 Å². The number of rotatable bonds is 2. The molecule has 0 aromatic carbocycles. The molecular weight excluding hydrogens is 241 g/mol. The number of hydrogen-bond donors (Lipinski definition) is 3. The van der Waals surface area contributed by atoms with Crippen LogP contribution in [0.1, 0.15) is 6.92 Å². The van der Waals surface area contributed by atoms with Crippen LogP contribution in [0.4, 0.5) is 19.0 Å². The summed E-state index contributed by atoms with van der Waals surface area (Å²) >= 11 is 0. The van der Waals surface area contributed by atoms with E-state index >= 15 is 0 Å². The molecule has 0 bridgehead atoms. The van der Waals surface area contributed by atoms with E-state index in [0.29, 0.717) is 6.92 Å². The molecule has 9 heteroatoms. The Morgan fingerprint density at radius 2 is 2.06 bits per heavy atom. The summed E-state index contributed by atoms with van der Waals surface area (Å²) in [5, 5.41) is 7.13. The Morgan fingerprint density at radius 1 is 1.47 bits per heavy atom. The second-order valence-electron chi connectivity index (χ2n) is 3.46. The first-order chi connectivity index (χ1) is 7.64. The van der Waals surface area contributed by atoms with Crippen LogP contribution in [0, 0.1) is 0 Å². The molecule has 1 amide bonds. The highest BCUT2D eigenvalue weighted by Gasteiger charge is 2.54. The van der Waals surface area contributed by atoms with Gasteiger partial charge in [-0.05, 0) is 13.0 Å². The van der Waals surface area contributed by atoms with Crippen LogP contribution in [-0.2, 0) is 4.79 Å². The number of carbonyl (C=O) groups is 1. The van der Waals surface area contributed by atoms with Crippen molar-refractivity contribution in [3.8, 4) is 0 Å². The fourth-order valence-corrected chi connectivity index (χ4v) is 0.789. The predicted octanol–water partition coefficient (Wildman–Crippen LogP) is -0.0119. The Labute approximate surface area is 93.0 Å². The van der Waals surface area contributed by atoms with Crippen molar-refractivity contribution in [3.63, 3.8) is 0 Å². The highest BCUT2D eigenvalue weighted by molar-refractivity contribution is 5.97. The molecule has 4 N–H and O–H groups in total. The summed E-state index contributed by atoms with van der Waals surface area (Å²) < 4.78 is 37.2. The van der Waals surface area contributed by atoms with Gasteiger partial charge < -0.3 is 11.1 Å². The smallest absolute Gasteiger partial charge is 0.310 e. The fraction of sp³-hybridized carbons (Fsp3) is 0.375. The number of nitrogens with zero attached hydrogens (tertiary/aromatic N) is 1. The van der Waals surface area contributed by atoms with Gasteiger partial charge in [-0.3, -0.25) is 9.59 Å². The number of anilines is 1. The van der Waals surface area contributed by atoms with Crippen LogP contribution in [0.3, 0.4) is 0 Å². The number of alkyl halides is 3. The molecule has 0 radical (unpaired) electrons. The van der Waals surface area contributed by atoms with Gasteiger partial charge in [0.1, 0.15) is 0 Å². The molecule has 94 valence electrons. The van der Waals surface area contributed by atoms with E-state index in [0.717, 1.165) is 12.1 Å². The summed E-state index contributed by atoms with van der Waals surface area (Å²) in [5.41, 5.74) is 1.29. The van der Waals surface area contributed by atoms with Crippen molar-refractivity contribution in [2.45, 2.75) is 18.6 Å². The third-order valence-electron chi connectivity index (χ3n) is 1.98. The van der Waals surface area contributed by atoms with Crippen LogP contribution in [0.2, 0.25) is 0 Å². The molecule has 1 unspecified atom stereocenters. The average molecular weight is 250 g/mol. The van der Waals surface area contributed by atoms with E-state index in [4.69, 9.17) is 5.73 Å². The van der Waals surface area contributed by atoms with Gasteiger partial charge in [-0.25, -0.2) is 5.10 Å². The third kappa shape index (κ3) is 2.81. The molecule has 1 rings (SSSR count). The summed E-state index contributed by atoms with van der Waals surface area (Å²) in [5.74, 6) is -1.69. The second-order valence-corrected chi connectivity index (χ2v) is 3.46. The fourth-order valence-electron chi connectivity index (χ4n) is 0.789. The highest BCUT2D eigenvalue weighted by Crippen LogP contribution is 2.28. The van der Waals surface area contributed by atoms with Gasteiger partial charge in [0.05, 0.1) is 0 Å². The van der Waals surface area contributed by atoms with E-state index in [9.17, 15) is 22.8 Å². The number of hydrogen-bond acceptors (Lipinski definition) is 4. The first-order valence-corrected chi connectivity index (χ1v) is 4.37. The molecule has 0 saturated carbocycles. The molecule has 0 spiro atoms. The largest absolute Gasteiger partial charge is 0.415 e. The molecule has 1 aromatic heterocycles. The topological polar surface area (TPSA) is 101 Å². The van der Waals surface area contributed by atoms with E-state index in [1.807, 2.05) is 10.4 Å². The van der Waals surface area contributed by atoms with Gasteiger partial charge in [0.25, 0.3) is 11.5 Å². The van der Waals surface area contributed by atoms with Crippen molar-refractivity contribution in [2.75, 3.05) is 5.32 Å². The Kier molecular flexibility index (Phi) is 3.23. The minimum Gasteiger partial charge on any atom is -0.310 e. The lowest BCUT2D eigenvalue weighted by Gasteiger charge is -2.25. The zero-order chi connectivity index (χ0) is 13.3. The Bertz CT molecular complexity index is 460. The Balaban J connectivity index is 2.86. The SMILES string of the molecule is CC(N)(C(=O)Nc1ccc(=O)[nH]n1)C(F)(F)F. The lowest BCUT2D eigenvalue weighted by molar-refractivity contribution is -0.184. The molecule has 1 aromatic rings. The standard InChI is InChI=1S/C8H9F3N4O2/c1-7(12,8(9,10)11)6(17)13-4-2-3-5(16)15-14-4/h2-3H,12H2,1H3,(H,15,16)(H,13,14,17). The van der Waals surface area contributed by atoms with Gasteiger partial charge in [0.15, 0.2) is 11.4 Å². The molecule has 1 atom stereocenters. The summed E-state index contributed by atoms with van der Waals surface area (Å²) in [6, 6.07) is 2.06. The van der Waals surface area contributed by atoms with Crippen molar-refractivity contribution in [1.29, 1.82) is 0 Å². The first kappa shape index (κ1) is 13.2. The number of nitrogens with one attached hydrogen (secondary N) is 2. The molecular formula is C8H9F3N4O2. The van der Waals surface area contributed by atoms with Gasteiger partial charge >= 0.3 is 6.18 Å². The quantitative estimate of drug-likeness (QED) is 0.687. The minimum atomic E-state index is -4.89. The Hall–Kier alpha value is -1.90. The van der Waals surface area contributed by atoms with Crippen LogP contribution in [-0.4, -0.2) is 27.8 Å². The zero-order valence-corrected chi connectivity index (χ0v) is 8.63. The second kappa shape index (κ2) is 4.17. The van der Waals surface area contributed by atoms with Crippen molar-refractivity contribution < 1.29 is 18.0 Å². The van der Waals surface area contributed by atoms with E-state index in [1.165, 1.54) is 0 Å². The number of aromatic amines is 1. The zero-order valence-electron chi connectivity index (χ0n) is 8.63. The first-order valence-electron chi connectivity index (χ1n) is 4.37. The van der Waals surface area contributed by atoms with Crippen LogP contribution in [0.5, 0.6) is 0 Å². The maximum Gasteiger partial charge on any atom is 0.415 e. The number of aromatic nitrogens is 2. The number of H-pyrrole nitrogens is 1. The van der Waals surface area contributed by atoms with Gasteiger partial charge in [-0.15, -0.1) is 0 Å². The van der Waals surface area contributed by atoms with Gasteiger partial charge in [-0.1, -0.05) is 0 Å². The molecule has 1 heterocycles. The van der Waals surface area contributed by atoms with E-state index < -0.39 is 23.2 Å². The summed E-state index contributed by atoms with van der Waals surface area (Å²) in [6.07, 6.45) is -4.89. The van der Waals surface area contributed by atoms with E-state index in [2.05, 4.69) is 5.10 Å². The normalized spacial score (nSPS) is 15.1. The van der Waals surface area contributed by atoms with Crippen molar-refractivity contribution >= 4 is 11.7 Å². The van der Waals surface area contributed by atoms with E-state index in [1.54, 1.807) is 0 Å². The predicted molar refractivity (Wildman–Crippen MR) is 52.1 cm³/mol. The molecule has 0 saturated heterocycles. The van der Waals surface area contributed by atoms with Gasteiger partial charge in [0.2, 0.25) is 0 Å². The third-order valence-corrected chi connectivity index (χ3v) is 1.98. The summed E-state index contributed by atoms with van der Waals surface area (Å²) in [7, 11) is 0. The molecule has 0 aliphatic rings. The van der Waals surface area contributed by atoms with Gasteiger partial charge in [-0.2, -0.15) is 18.3 Å². The van der Waals surface area contributed by atoms with Crippen molar-refractivity contribution in [3.05, 3.63) is 22.5 Å². The minimum absolute atomic E-state index is 0.226. The number of halogens is 3. The highest BCUT2D eigenvalue weighted by atomic mass is 19.4. The maximum absolute atomic E-state index is 12.4. The molecule has 17 heavy (non-hydrogen) atoms. The molecule has 6 nitrogen and oxygen atoms in total. The maximum atomic E-state index is 12.4. The molecule has 0 aliphatic carbocycles. The monoisotopic (exact) mass is 250 g/mol.